The Bertz CT molecular complexity index is 1370. The lowest BCUT2D eigenvalue weighted by molar-refractivity contribution is -0.129. The van der Waals surface area contributed by atoms with Crippen molar-refractivity contribution in [1.82, 2.24) is 20.1 Å². The summed E-state index contributed by atoms with van der Waals surface area (Å²) in [6, 6.07) is 2.00. The summed E-state index contributed by atoms with van der Waals surface area (Å²) in [7, 11) is 0. The van der Waals surface area contributed by atoms with Crippen molar-refractivity contribution in [1.29, 1.82) is 0 Å². The zero-order valence-electron chi connectivity index (χ0n) is 23.1. The average Bonchev–Trinajstić information content (AvgIpc) is 2.93. The van der Waals surface area contributed by atoms with Crippen molar-refractivity contribution in [2.75, 3.05) is 37.7 Å². The fourth-order valence-electron chi connectivity index (χ4n) is 5.42. The van der Waals surface area contributed by atoms with Gasteiger partial charge in [0.2, 0.25) is 11.3 Å². The molecule has 1 saturated heterocycles. The second-order valence-electron chi connectivity index (χ2n) is 10.4. The first-order valence-electron chi connectivity index (χ1n) is 13.7. The number of piperazine rings is 1. The number of nitrogens with zero attached hydrogens (tertiary/aromatic N) is 3. The second-order valence-corrected chi connectivity index (χ2v) is 10.4. The molecule has 2 N–H and O–H groups in total. The molecule has 11 nitrogen and oxygen atoms in total. The molecular weight excluding hydrogens is 521 g/mol. The van der Waals surface area contributed by atoms with Crippen LogP contribution in [0, 0.1) is 11.7 Å². The minimum Gasteiger partial charge on any atom is -0.452 e. The normalized spacial score (nSPS) is 19.3. The number of aromatic nitrogens is 1. The number of urea groups is 1. The maximum atomic E-state index is 15.2. The number of ether oxygens (including phenoxy) is 1. The molecule has 1 aromatic carbocycles. The minimum absolute atomic E-state index is 0.00496. The van der Waals surface area contributed by atoms with Gasteiger partial charge < -0.3 is 24.4 Å². The van der Waals surface area contributed by atoms with Crippen molar-refractivity contribution >= 4 is 40.4 Å². The Hall–Kier alpha value is -3.96. The predicted molar refractivity (Wildman–Crippen MR) is 147 cm³/mol. The molecular formula is C28H36FN5O6. The Labute approximate surface area is 231 Å². The van der Waals surface area contributed by atoms with Gasteiger partial charge in [0, 0.05) is 57.3 Å². The van der Waals surface area contributed by atoms with Gasteiger partial charge in [0.25, 0.3) is 5.91 Å². The minimum atomic E-state index is -1.05. The van der Waals surface area contributed by atoms with E-state index in [2.05, 4.69) is 10.6 Å². The summed E-state index contributed by atoms with van der Waals surface area (Å²) in [5, 5.41) is 4.94. The summed E-state index contributed by atoms with van der Waals surface area (Å²) in [6.07, 6.45) is 5.28. The van der Waals surface area contributed by atoms with E-state index in [1.165, 1.54) is 13.1 Å². The molecule has 216 valence electrons. The predicted octanol–water partition coefficient (Wildman–Crippen LogP) is 2.39. The largest absolute Gasteiger partial charge is 0.452 e. The van der Waals surface area contributed by atoms with Crippen LogP contribution in [0.15, 0.2) is 23.1 Å². The summed E-state index contributed by atoms with van der Waals surface area (Å²) in [4.78, 5) is 65.5. The lowest BCUT2D eigenvalue weighted by atomic mass is 9.86. The first-order valence-corrected chi connectivity index (χ1v) is 13.7. The van der Waals surface area contributed by atoms with E-state index in [0.717, 1.165) is 31.7 Å². The molecule has 1 aliphatic heterocycles. The van der Waals surface area contributed by atoms with E-state index in [0.29, 0.717) is 49.8 Å². The quantitative estimate of drug-likeness (QED) is 0.522. The average molecular weight is 558 g/mol. The number of anilines is 1. The highest BCUT2D eigenvalue weighted by Gasteiger charge is 2.25. The van der Waals surface area contributed by atoms with Crippen LogP contribution in [0.3, 0.4) is 0 Å². The van der Waals surface area contributed by atoms with E-state index < -0.39 is 35.8 Å². The van der Waals surface area contributed by atoms with Crippen molar-refractivity contribution in [2.45, 2.75) is 59.0 Å². The maximum Gasteiger partial charge on any atom is 0.344 e. The number of aryl methyl sites for hydroxylation is 1. The van der Waals surface area contributed by atoms with Crippen molar-refractivity contribution in [3.05, 3.63) is 39.9 Å². The van der Waals surface area contributed by atoms with Gasteiger partial charge in [-0.3, -0.25) is 19.7 Å². The summed E-state index contributed by atoms with van der Waals surface area (Å²) in [5.41, 5.74) is -0.308. The molecule has 4 rings (SSSR count). The highest BCUT2D eigenvalue weighted by atomic mass is 19.1. The van der Waals surface area contributed by atoms with Crippen LogP contribution in [0.5, 0.6) is 0 Å². The molecule has 0 spiro atoms. The summed E-state index contributed by atoms with van der Waals surface area (Å²) < 4.78 is 21.9. The van der Waals surface area contributed by atoms with Crippen LogP contribution in [-0.4, -0.2) is 72.1 Å². The molecule has 40 heavy (non-hydrogen) atoms. The Morgan fingerprint density at radius 2 is 1.77 bits per heavy atom. The molecule has 2 unspecified atom stereocenters. The smallest absolute Gasteiger partial charge is 0.344 e. The van der Waals surface area contributed by atoms with Gasteiger partial charge in [0.1, 0.15) is 11.4 Å². The highest BCUT2D eigenvalue weighted by Crippen LogP contribution is 2.27. The Morgan fingerprint density at radius 1 is 1.07 bits per heavy atom. The zero-order chi connectivity index (χ0) is 29.0. The molecule has 2 fully saturated rings. The molecule has 2 aliphatic rings. The van der Waals surface area contributed by atoms with Crippen LogP contribution in [0.25, 0.3) is 10.9 Å². The van der Waals surface area contributed by atoms with E-state index in [9.17, 15) is 24.0 Å². The highest BCUT2D eigenvalue weighted by molar-refractivity contribution is 5.98. The Kier molecular flexibility index (Phi) is 9.06. The number of halogens is 1. The van der Waals surface area contributed by atoms with Crippen LogP contribution >= 0.6 is 0 Å². The molecule has 1 aliphatic carbocycles. The third kappa shape index (κ3) is 6.43. The van der Waals surface area contributed by atoms with Gasteiger partial charge >= 0.3 is 12.0 Å². The fourth-order valence-corrected chi connectivity index (χ4v) is 5.42. The van der Waals surface area contributed by atoms with Gasteiger partial charge in [-0.2, -0.15) is 0 Å². The number of nitrogens with one attached hydrogen (secondary N) is 2. The number of esters is 1. The Morgan fingerprint density at radius 3 is 2.42 bits per heavy atom. The molecule has 0 bridgehead atoms. The fraction of sp³-hybridized carbons (Fsp3) is 0.536. The molecule has 0 radical (unpaired) electrons. The molecule has 12 heteroatoms. The summed E-state index contributed by atoms with van der Waals surface area (Å²) in [6.45, 7) is 6.80. The van der Waals surface area contributed by atoms with Gasteiger partial charge in [0.15, 0.2) is 6.61 Å². The number of hydrogen-bond acceptors (Lipinski definition) is 7. The summed E-state index contributed by atoms with van der Waals surface area (Å²) >= 11 is 0. The summed E-state index contributed by atoms with van der Waals surface area (Å²) in [5.74, 6) is -2.22. The number of carbonyl (C=O) groups is 4. The van der Waals surface area contributed by atoms with Gasteiger partial charge in [0.05, 0.1) is 11.2 Å². The van der Waals surface area contributed by atoms with Crippen LogP contribution in [0.1, 0.15) is 56.8 Å². The number of rotatable bonds is 6. The zero-order valence-corrected chi connectivity index (χ0v) is 23.1. The standard InChI is InChI=1S/C28H36FN5O6/c1-4-32-15-20(27(38)40-16-25(36)31-28(39)30-22-8-6-5-7-17(22)2)26(37)19-13-21(29)24(14-23(19)32)34-11-9-33(10-12-34)18(3)35/h13-15,17,22H,4-12,16H2,1-3H3,(H2,30,31,36,39). The first kappa shape index (κ1) is 29.0. The number of pyridine rings is 1. The van der Waals surface area contributed by atoms with E-state index >= 15 is 4.39 Å². The molecule has 1 aromatic heterocycles. The molecule has 2 heterocycles. The van der Waals surface area contributed by atoms with Gasteiger partial charge in [-0.25, -0.2) is 14.0 Å². The van der Waals surface area contributed by atoms with Crippen LogP contribution < -0.4 is 21.0 Å². The van der Waals surface area contributed by atoms with Crippen molar-refractivity contribution < 1.29 is 28.3 Å². The van der Waals surface area contributed by atoms with E-state index in [1.54, 1.807) is 15.5 Å². The third-order valence-corrected chi connectivity index (χ3v) is 7.79. The number of fused-ring (bicyclic) bond motifs is 1. The van der Waals surface area contributed by atoms with E-state index in [1.807, 2.05) is 18.7 Å². The molecule has 4 amide bonds. The number of hydrogen-bond donors (Lipinski definition) is 2. The van der Waals surface area contributed by atoms with E-state index in [-0.39, 0.29) is 22.9 Å². The number of amides is 4. The molecule has 2 aromatic rings. The number of carbonyl (C=O) groups excluding carboxylic acids is 4. The molecule has 2 atom stereocenters. The monoisotopic (exact) mass is 557 g/mol. The maximum absolute atomic E-state index is 15.2. The van der Waals surface area contributed by atoms with Gasteiger partial charge in [-0.1, -0.05) is 19.8 Å². The van der Waals surface area contributed by atoms with Crippen LogP contribution in [-0.2, 0) is 20.9 Å². The van der Waals surface area contributed by atoms with Crippen molar-refractivity contribution in [3.8, 4) is 0 Å². The third-order valence-electron chi connectivity index (χ3n) is 7.79. The SMILES string of the molecule is CCn1cc(C(=O)OCC(=O)NC(=O)NC2CCCCC2C)c(=O)c2cc(F)c(N3CCN(C(C)=O)CC3)cc21. The topological polar surface area (TPSA) is 130 Å². The lowest BCUT2D eigenvalue weighted by Gasteiger charge is -2.36. The second kappa shape index (κ2) is 12.5. The van der Waals surface area contributed by atoms with Crippen molar-refractivity contribution in [2.24, 2.45) is 5.92 Å². The van der Waals surface area contributed by atoms with Crippen molar-refractivity contribution in [3.63, 3.8) is 0 Å². The van der Waals surface area contributed by atoms with Crippen LogP contribution in [0.4, 0.5) is 14.9 Å². The number of imide groups is 1. The Balaban J connectivity index is 1.45. The first-order chi connectivity index (χ1) is 19.1. The van der Waals surface area contributed by atoms with Gasteiger partial charge in [-0.05, 0) is 37.8 Å². The lowest BCUT2D eigenvalue weighted by Crippen LogP contribution is -2.48. The number of benzene rings is 1. The molecule has 1 saturated carbocycles. The van der Waals surface area contributed by atoms with Crippen LogP contribution in [0.2, 0.25) is 0 Å². The van der Waals surface area contributed by atoms with E-state index in [4.69, 9.17) is 4.74 Å². The van der Waals surface area contributed by atoms with Gasteiger partial charge in [-0.15, -0.1) is 0 Å².